The zero-order valence-corrected chi connectivity index (χ0v) is 33.6. The van der Waals surface area contributed by atoms with Crippen molar-refractivity contribution in [1.29, 1.82) is 0 Å². The Labute approximate surface area is 331 Å². The molecule has 306 valence electrons. The summed E-state index contributed by atoms with van der Waals surface area (Å²) in [4.78, 5) is 40.5. The first-order chi connectivity index (χ1) is 27.1. The van der Waals surface area contributed by atoms with Gasteiger partial charge in [-0.05, 0) is 94.9 Å². The number of nitrogens with zero attached hydrogens (tertiary/aromatic N) is 6. The van der Waals surface area contributed by atoms with Crippen LogP contribution in [0.4, 0.5) is 24.5 Å². The Hall–Kier alpha value is -4.51. The second-order valence-corrected chi connectivity index (χ2v) is 18.2. The quantitative estimate of drug-likeness (QED) is 0.152. The number of hydrogen-bond acceptors (Lipinski definition) is 9. The molecule has 0 saturated carbocycles. The van der Waals surface area contributed by atoms with Gasteiger partial charge in [0.25, 0.3) is 0 Å². The topological polar surface area (TPSA) is 122 Å². The molecule has 1 atom stereocenters. The van der Waals surface area contributed by atoms with Crippen LogP contribution in [0.1, 0.15) is 56.0 Å². The van der Waals surface area contributed by atoms with Crippen molar-refractivity contribution < 1.29 is 35.9 Å². The molecule has 0 unspecified atom stereocenters. The lowest BCUT2D eigenvalue weighted by Crippen LogP contribution is -2.49. The maximum absolute atomic E-state index is 16.0. The molecule has 4 aromatic rings. The van der Waals surface area contributed by atoms with Gasteiger partial charge in [0.2, 0.25) is 5.78 Å². The molecule has 3 fully saturated rings. The molecule has 0 aliphatic carbocycles. The number of benzene rings is 2. The lowest BCUT2D eigenvalue weighted by Gasteiger charge is -2.39. The van der Waals surface area contributed by atoms with Crippen molar-refractivity contribution in [3.05, 3.63) is 77.6 Å². The predicted octanol–water partition coefficient (Wildman–Crippen LogP) is 5.64. The molecule has 0 radical (unpaired) electrons. The number of aromatic nitrogens is 2. The molecule has 7 rings (SSSR count). The lowest BCUT2D eigenvalue weighted by molar-refractivity contribution is -0.156. The highest BCUT2D eigenvalue weighted by Gasteiger charge is 2.37. The first-order valence-electron chi connectivity index (χ1n) is 19.5. The second kappa shape index (κ2) is 16.4. The van der Waals surface area contributed by atoms with E-state index in [0.29, 0.717) is 33.4 Å². The van der Waals surface area contributed by atoms with Gasteiger partial charge in [-0.2, -0.15) is 12.7 Å². The Balaban J connectivity index is 0.977. The number of likely N-dealkylation sites (tertiary alicyclic amines) is 1. The van der Waals surface area contributed by atoms with E-state index in [1.54, 1.807) is 12.3 Å². The van der Waals surface area contributed by atoms with Gasteiger partial charge in [-0.15, -0.1) is 0 Å². The van der Waals surface area contributed by atoms with Crippen LogP contribution in [0.3, 0.4) is 0 Å². The van der Waals surface area contributed by atoms with E-state index < -0.39 is 50.7 Å². The van der Waals surface area contributed by atoms with Crippen LogP contribution in [0.15, 0.2) is 54.9 Å². The van der Waals surface area contributed by atoms with Crippen LogP contribution in [0.25, 0.3) is 22.2 Å². The number of ether oxygens (including phenoxy) is 1. The molecule has 3 aliphatic heterocycles. The van der Waals surface area contributed by atoms with Gasteiger partial charge >= 0.3 is 16.2 Å². The van der Waals surface area contributed by atoms with E-state index in [1.165, 1.54) is 6.20 Å². The fourth-order valence-electron chi connectivity index (χ4n) is 7.97. The monoisotopic (exact) mass is 809 g/mol. The molecule has 0 spiro atoms. The number of carbonyl (C=O) groups is 2. The molecule has 1 N–H and O–H groups in total. The Bertz CT molecular complexity index is 2210. The standard InChI is InChI=1S/C41H50F3N7O5S/c1-41(2,3)56-36(52)26-48-14-11-27(12-15-48)24-49-17-19-50(20-18-49)31-7-5-28(6-8-31)29-21-32-33(23-46-40(32)45-22-29)39(53)37-34(43)9-10-35(38(37)44)47(4)57(54,55)51-16-13-30(42)25-51/h5-10,21-23,27,30H,11-20,24-26H2,1-4H3,(H,45,46)/t30-/m1/s1. The SMILES string of the molecule is CN(c1ccc(F)c(C(=O)c2c[nH]c3ncc(-c4ccc(N5CCN(CC6CCN(CC(=O)OC(C)(C)C)CC6)CC5)cc4)cc23)c1F)S(=O)(=O)N1CC[C@@H](F)C1. The third kappa shape index (κ3) is 8.98. The Kier molecular flexibility index (Phi) is 11.7. The maximum atomic E-state index is 16.0. The molecule has 0 bridgehead atoms. The minimum absolute atomic E-state index is 0.0177. The minimum atomic E-state index is -4.33. The summed E-state index contributed by atoms with van der Waals surface area (Å²) in [6, 6.07) is 11.6. The molecule has 3 aliphatic rings. The van der Waals surface area contributed by atoms with Gasteiger partial charge in [0.05, 0.1) is 17.8 Å². The molecule has 57 heavy (non-hydrogen) atoms. The van der Waals surface area contributed by atoms with Crippen molar-refractivity contribution in [2.45, 2.75) is 51.8 Å². The molecule has 0 amide bonds. The van der Waals surface area contributed by atoms with Crippen molar-refractivity contribution in [2.24, 2.45) is 5.92 Å². The van der Waals surface area contributed by atoms with Crippen molar-refractivity contribution in [3.63, 3.8) is 0 Å². The van der Waals surface area contributed by atoms with E-state index >= 15 is 8.78 Å². The first kappa shape index (κ1) is 40.7. The van der Waals surface area contributed by atoms with Crippen LogP contribution >= 0.6 is 0 Å². The van der Waals surface area contributed by atoms with E-state index in [9.17, 15) is 22.4 Å². The minimum Gasteiger partial charge on any atom is -0.459 e. The number of piperidine rings is 1. The average Bonchev–Trinajstić information content (AvgIpc) is 3.81. The summed E-state index contributed by atoms with van der Waals surface area (Å²) in [5.41, 5.74) is 1.03. The van der Waals surface area contributed by atoms with Gasteiger partial charge in [-0.1, -0.05) is 12.1 Å². The fourth-order valence-corrected chi connectivity index (χ4v) is 9.40. The summed E-state index contributed by atoms with van der Waals surface area (Å²) in [6.07, 6.45) is 3.80. The van der Waals surface area contributed by atoms with Crippen LogP contribution in [0, 0.1) is 17.6 Å². The van der Waals surface area contributed by atoms with E-state index in [1.807, 2.05) is 32.9 Å². The van der Waals surface area contributed by atoms with Crippen molar-refractivity contribution >= 4 is 44.4 Å². The van der Waals surface area contributed by atoms with Gasteiger partial charge in [0.1, 0.15) is 23.2 Å². The van der Waals surface area contributed by atoms with Crippen molar-refractivity contribution in [3.8, 4) is 11.1 Å². The summed E-state index contributed by atoms with van der Waals surface area (Å²) in [7, 11) is -3.25. The van der Waals surface area contributed by atoms with Gasteiger partial charge in [0, 0.05) is 87.5 Å². The molecule has 2 aromatic carbocycles. The molecule has 2 aromatic heterocycles. The third-order valence-electron chi connectivity index (χ3n) is 11.1. The maximum Gasteiger partial charge on any atom is 0.320 e. The van der Waals surface area contributed by atoms with Gasteiger partial charge in [-0.25, -0.2) is 18.2 Å². The van der Waals surface area contributed by atoms with Crippen molar-refractivity contribution in [2.75, 3.05) is 81.7 Å². The Morgan fingerprint density at radius 1 is 0.930 bits per heavy atom. The molecule has 12 nitrogen and oxygen atoms in total. The second-order valence-electron chi connectivity index (χ2n) is 16.3. The number of alkyl halides is 1. The summed E-state index contributed by atoms with van der Waals surface area (Å²) >= 11 is 0. The van der Waals surface area contributed by atoms with Crippen molar-refractivity contribution in [1.82, 2.24) is 24.1 Å². The number of halogens is 3. The number of pyridine rings is 1. The van der Waals surface area contributed by atoms with E-state index in [2.05, 4.69) is 36.8 Å². The summed E-state index contributed by atoms with van der Waals surface area (Å²) < 4.78 is 78.2. The molecular formula is C41H50F3N7O5S. The number of H-pyrrole nitrogens is 1. The highest BCUT2D eigenvalue weighted by molar-refractivity contribution is 7.90. The zero-order valence-electron chi connectivity index (χ0n) is 32.8. The van der Waals surface area contributed by atoms with Crippen LogP contribution < -0.4 is 9.21 Å². The molecule has 5 heterocycles. The first-order valence-corrected chi connectivity index (χ1v) is 20.9. The highest BCUT2D eigenvalue weighted by Crippen LogP contribution is 2.33. The Morgan fingerprint density at radius 3 is 2.28 bits per heavy atom. The number of aromatic amines is 1. The summed E-state index contributed by atoms with van der Waals surface area (Å²) in [5.74, 6) is -3.03. The van der Waals surface area contributed by atoms with E-state index in [-0.39, 0.29) is 31.0 Å². The fraction of sp³-hybridized carbons (Fsp3) is 0.488. The number of piperazine rings is 1. The molecule has 16 heteroatoms. The molecule has 3 saturated heterocycles. The number of nitrogens with one attached hydrogen (secondary N) is 1. The predicted molar refractivity (Wildman–Crippen MR) is 213 cm³/mol. The van der Waals surface area contributed by atoms with Crippen LogP contribution in [-0.2, 0) is 19.7 Å². The number of rotatable bonds is 11. The zero-order chi connectivity index (χ0) is 40.6. The van der Waals surface area contributed by atoms with E-state index in [4.69, 9.17) is 4.74 Å². The van der Waals surface area contributed by atoms with Gasteiger partial charge in [0.15, 0.2) is 5.82 Å². The summed E-state index contributed by atoms with van der Waals surface area (Å²) in [5, 5.41) is 0.350. The van der Waals surface area contributed by atoms with E-state index in [0.717, 1.165) is 93.4 Å². The number of ketones is 1. The van der Waals surface area contributed by atoms with Crippen LogP contribution in [0.5, 0.6) is 0 Å². The molecular weight excluding hydrogens is 760 g/mol. The number of hydrogen-bond donors (Lipinski definition) is 1. The Morgan fingerprint density at radius 2 is 1.63 bits per heavy atom. The average molecular weight is 810 g/mol. The lowest BCUT2D eigenvalue weighted by atomic mass is 9.96. The number of anilines is 2. The largest absolute Gasteiger partial charge is 0.459 e. The smallest absolute Gasteiger partial charge is 0.320 e. The van der Waals surface area contributed by atoms with Crippen LogP contribution in [0.2, 0.25) is 0 Å². The van der Waals surface area contributed by atoms with Gasteiger partial charge in [-0.3, -0.25) is 23.7 Å². The third-order valence-corrected chi connectivity index (χ3v) is 13.0. The normalized spacial score (nSPS) is 19.4. The summed E-state index contributed by atoms with van der Waals surface area (Å²) in [6.45, 7) is 12.1. The number of fused-ring (bicyclic) bond motifs is 1. The number of carbonyl (C=O) groups excluding carboxylic acids is 2. The number of esters is 1. The van der Waals surface area contributed by atoms with Gasteiger partial charge < -0.3 is 14.6 Å². The van der Waals surface area contributed by atoms with Crippen LogP contribution in [-0.4, -0.2) is 129 Å². The highest BCUT2D eigenvalue weighted by atomic mass is 32.2.